The van der Waals surface area contributed by atoms with Gasteiger partial charge in [-0.1, -0.05) is 13.0 Å². The average molecular weight is 263 g/mol. The van der Waals surface area contributed by atoms with Crippen LogP contribution in [0.15, 0.2) is 17.5 Å². The molecule has 16 heavy (non-hydrogen) atoms. The van der Waals surface area contributed by atoms with Crippen LogP contribution in [0.4, 0.5) is 0 Å². The predicted octanol–water partition coefficient (Wildman–Crippen LogP) is 1.23. The highest BCUT2D eigenvalue weighted by Gasteiger charge is 2.10. The Balaban J connectivity index is 2.11. The lowest BCUT2D eigenvalue weighted by atomic mass is 10.2. The number of hydrogen-bond donors (Lipinski definition) is 1. The van der Waals surface area contributed by atoms with Gasteiger partial charge in [0.25, 0.3) is 0 Å². The van der Waals surface area contributed by atoms with Crippen molar-refractivity contribution >= 4 is 21.4 Å². The summed E-state index contributed by atoms with van der Waals surface area (Å²) in [5.74, 6) is -0.0789. The monoisotopic (exact) mass is 263 g/mol. The van der Waals surface area contributed by atoms with Crippen LogP contribution in [0, 0.1) is 5.92 Å². The molecule has 0 saturated heterocycles. The number of ether oxygens (including phenoxy) is 1. The van der Waals surface area contributed by atoms with E-state index in [9.17, 15) is 8.42 Å². The van der Waals surface area contributed by atoms with Crippen LogP contribution in [0.1, 0.15) is 11.8 Å². The molecule has 0 aliphatic carbocycles. The van der Waals surface area contributed by atoms with Crippen molar-refractivity contribution in [2.45, 2.75) is 13.3 Å². The quantitative estimate of drug-likeness (QED) is 0.752. The van der Waals surface area contributed by atoms with Gasteiger partial charge in [0.2, 0.25) is 10.0 Å². The second-order valence-corrected chi connectivity index (χ2v) is 6.53. The maximum absolute atomic E-state index is 10.8. The first-order valence-electron chi connectivity index (χ1n) is 5.08. The molecule has 4 nitrogen and oxygen atoms in total. The molecule has 0 radical (unpaired) electrons. The SMILES string of the molecule is CC(COCCc1cccs1)CS(N)(=O)=O. The summed E-state index contributed by atoms with van der Waals surface area (Å²) in [6.07, 6.45) is 0.875. The van der Waals surface area contributed by atoms with Gasteiger partial charge >= 0.3 is 0 Å². The van der Waals surface area contributed by atoms with Gasteiger partial charge in [0.15, 0.2) is 0 Å². The minimum atomic E-state index is -3.38. The fourth-order valence-corrected chi connectivity index (χ4v) is 2.94. The number of primary sulfonamides is 1. The summed E-state index contributed by atoms with van der Waals surface area (Å²) in [6, 6.07) is 4.06. The minimum Gasteiger partial charge on any atom is -0.381 e. The van der Waals surface area contributed by atoms with Gasteiger partial charge in [-0.2, -0.15) is 0 Å². The molecule has 6 heteroatoms. The molecule has 1 aromatic heterocycles. The van der Waals surface area contributed by atoms with Crippen molar-refractivity contribution in [3.05, 3.63) is 22.4 Å². The second-order valence-electron chi connectivity index (χ2n) is 3.84. The van der Waals surface area contributed by atoms with Gasteiger partial charge in [0, 0.05) is 11.3 Å². The molecule has 1 heterocycles. The Morgan fingerprint density at radius 2 is 2.31 bits per heavy atom. The molecule has 1 unspecified atom stereocenters. The topological polar surface area (TPSA) is 69.4 Å². The van der Waals surface area contributed by atoms with Crippen LogP contribution >= 0.6 is 11.3 Å². The molecule has 92 valence electrons. The van der Waals surface area contributed by atoms with Crippen molar-refractivity contribution in [2.75, 3.05) is 19.0 Å². The molecule has 0 bridgehead atoms. The van der Waals surface area contributed by atoms with E-state index in [0.29, 0.717) is 13.2 Å². The number of nitrogens with two attached hydrogens (primary N) is 1. The van der Waals surface area contributed by atoms with Gasteiger partial charge in [-0.05, 0) is 17.4 Å². The zero-order valence-electron chi connectivity index (χ0n) is 9.26. The van der Waals surface area contributed by atoms with E-state index in [0.717, 1.165) is 6.42 Å². The van der Waals surface area contributed by atoms with Crippen molar-refractivity contribution in [1.82, 2.24) is 0 Å². The standard InChI is InChI=1S/C10H17NO3S2/c1-9(8-16(11,12)13)7-14-5-4-10-3-2-6-15-10/h2-3,6,9H,4-5,7-8H2,1H3,(H2,11,12,13). The molecule has 2 N–H and O–H groups in total. The number of hydrogen-bond acceptors (Lipinski definition) is 4. The van der Waals surface area contributed by atoms with Crippen LogP contribution in [0.2, 0.25) is 0 Å². The van der Waals surface area contributed by atoms with Crippen LogP contribution in [-0.2, 0) is 21.2 Å². The summed E-state index contributed by atoms with van der Waals surface area (Å²) in [6.45, 7) is 2.87. The van der Waals surface area contributed by atoms with Crippen LogP contribution in [-0.4, -0.2) is 27.4 Å². The molecule has 0 aromatic carbocycles. The lowest BCUT2D eigenvalue weighted by Crippen LogP contribution is -2.24. The molecule has 0 fully saturated rings. The lowest BCUT2D eigenvalue weighted by Gasteiger charge is -2.10. The highest BCUT2D eigenvalue weighted by atomic mass is 32.2. The van der Waals surface area contributed by atoms with Gasteiger partial charge < -0.3 is 4.74 Å². The van der Waals surface area contributed by atoms with Crippen LogP contribution in [0.3, 0.4) is 0 Å². The number of rotatable bonds is 7. The molecule has 1 rings (SSSR count). The fourth-order valence-electron chi connectivity index (χ4n) is 1.36. The molecule has 0 spiro atoms. The molecular weight excluding hydrogens is 246 g/mol. The van der Waals surface area contributed by atoms with Crippen molar-refractivity contribution < 1.29 is 13.2 Å². The van der Waals surface area contributed by atoms with Gasteiger partial charge in [0.05, 0.1) is 19.0 Å². The minimum absolute atomic E-state index is 0.0218. The van der Waals surface area contributed by atoms with E-state index in [1.54, 1.807) is 11.3 Å². The van der Waals surface area contributed by atoms with E-state index in [1.807, 2.05) is 18.4 Å². The van der Waals surface area contributed by atoms with Crippen molar-refractivity contribution in [3.63, 3.8) is 0 Å². The molecule has 0 aliphatic heterocycles. The Kier molecular flexibility index (Phi) is 5.40. The van der Waals surface area contributed by atoms with Crippen LogP contribution in [0.5, 0.6) is 0 Å². The highest BCUT2D eigenvalue weighted by molar-refractivity contribution is 7.89. The first-order chi connectivity index (χ1) is 7.47. The summed E-state index contributed by atoms with van der Waals surface area (Å²) in [4.78, 5) is 1.28. The van der Waals surface area contributed by atoms with E-state index in [2.05, 4.69) is 6.07 Å². The van der Waals surface area contributed by atoms with E-state index in [-0.39, 0.29) is 11.7 Å². The third-order valence-corrected chi connectivity index (χ3v) is 3.96. The Labute approximate surface area is 100 Å². The van der Waals surface area contributed by atoms with Crippen LogP contribution < -0.4 is 5.14 Å². The maximum atomic E-state index is 10.8. The van der Waals surface area contributed by atoms with Crippen molar-refractivity contribution in [3.8, 4) is 0 Å². The second kappa shape index (κ2) is 6.34. The summed E-state index contributed by atoms with van der Waals surface area (Å²) in [7, 11) is -3.38. The number of thiophene rings is 1. The summed E-state index contributed by atoms with van der Waals surface area (Å²) < 4.78 is 27.0. The molecule has 1 aromatic rings. The maximum Gasteiger partial charge on any atom is 0.209 e. The highest BCUT2D eigenvalue weighted by Crippen LogP contribution is 2.09. The Morgan fingerprint density at radius 1 is 1.56 bits per heavy atom. The van der Waals surface area contributed by atoms with Gasteiger partial charge in [-0.3, -0.25) is 0 Å². The zero-order chi connectivity index (χ0) is 12.0. The van der Waals surface area contributed by atoms with Crippen molar-refractivity contribution in [1.29, 1.82) is 0 Å². The summed E-state index contributed by atoms with van der Waals surface area (Å²) in [5, 5.41) is 6.96. The summed E-state index contributed by atoms with van der Waals surface area (Å²) in [5.41, 5.74) is 0. The van der Waals surface area contributed by atoms with Crippen molar-refractivity contribution in [2.24, 2.45) is 11.1 Å². The smallest absolute Gasteiger partial charge is 0.209 e. The Bertz CT molecular complexity index is 386. The predicted molar refractivity (Wildman–Crippen MR) is 66.0 cm³/mol. The first-order valence-corrected chi connectivity index (χ1v) is 7.67. The normalized spacial score (nSPS) is 13.9. The largest absolute Gasteiger partial charge is 0.381 e. The Morgan fingerprint density at radius 3 is 2.88 bits per heavy atom. The van der Waals surface area contributed by atoms with Crippen LogP contribution in [0.25, 0.3) is 0 Å². The van der Waals surface area contributed by atoms with E-state index in [1.165, 1.54) is 4.88 Å². The molecule has 0 aliphatic rings. The fraction of sp³-hybridized carbons (Fsp3) is 0.600. The summed E-state index contributed by atoms with van der Waals surface area (Å²) >= 11 is 1.70. The van der Waals surface area contributed by atoms with E-state index < -0.39 is 10.0 Å². The average Bonchev–Trinajstić information content (AvgIpc) is 2.62. The molecular formula is C10H17NO3S2. The number of sulfonamides is 1. The van der Waals surface area contributed by atoms with E-state index >= 15 is 0 Å². The molecule has 1 atom stereocenters. The third-order valence-electron chi connectivity index (χ3n) is 1.99. The lowest BCUT2D eigenvalue weighted by molar-refractivity contribution is 0.114. The van der Waals surface area contributed by atoms with E-state index in [4.69, 9.17) is 9.88 Å². The first kappa shape index (κ1) is 13.6. The van der Waals surface area contributed by atoms with Gasteiger partial charge in [0.1, 0.15) is 0 Å². The van der Waals surface area contributed by atoms with Gasteiger partial charge in [-0.25, -0.2) is 13.6 Å². The molecule has 0 saturated carbocycles. The molecule has 0 amide bonds. The Hall–Kier alpha value is -0.430. The zero-order valence-corrected chi connectivity index (χ0v) is 10.9. The van der Waals surface area contributed by atoms with Gasteiger partial charge in [-0.15, -0.1) is 11.3 Å². The third kappa shape index (κ3) is 6.22.